The lowest BCUT2D eigenvalue weighted by Crippen LogP contribution is -2.28. The molecule has 1 aliphatic heterocycles. The SMILES string of the molecule is C/C=C\C=C(/O)CNC(=O)c1cnccc1N1COc2cnc(-c3cc(C)ccc3F)nc21. The number of nitrogens with one attached hydrogen (secondary N) is 1. The molecule has 0 atom stereocenters. The number of aliphatic hydroxyl groups excluding tert-OH is 1. The Morgan fingerprint density at radius 1 is 1.33 bits per heavy atom. The topological polar surface area (TPSA) is 100 Å². The average molecular weight is 447 g/mol. The monoisotopic (exact) mass is 447 g/mol. The molecule has 3 heterocycles. The van der Waals surface area contributed by atoms with Crippen LogP contribution in [0.15, 0.2) is 66.8 Å². The molecule has 0 spiro atoms. The fourth-order valence-electron chi connectivity index (χ4n) is 3.31. The van der Waals surface area contributed by atoms with E-state index in [1.807, 2.05) is 13.8 Å². The number of carbonyl (C=O) groups is 1. The Morgan fingerprint density at radius 2 is 2.18 bits per heavy atom. The molecule has 0 fully saturated rings. The van der Waals surface area contributed by atoms with Gasteiger partial charge in [0.15, 0.2) is 24.1 Å². The number of aryl methyl sites for hydroxylation is 1. The second-order valence-electron chi connectivity index (χ2n) is 7.33. The van der Waals surface area contributed by atoms with E-state index in [0.29, 0.717) is 17.3 Å². The molecule has 0 unspecified atom stereocenters. The van der Waals surface area contributed by atoms with E-state index in [4.69, 9.17) is 4.74 Å². The summed E-state index contributed by atoms with van der Waals surface area (Å²) in [6.45, 7) is 3.74. The first-order valence-electron chi connectivity index (χ1n) is 10.2. The van der Waals surface area contributed by atoms with Gasteiger partial charge in [-0.15, -0.1) is 0 Å². The Kier molecular flexibility index (Phi) is 6.30. The van der Waals surface area contributed by atoms with E-state index in [1.165, 1.54) is 24.5 Å². The first kappa shape index (κ1) is 21.9. The summed E-state index contributed by atoms with van der Waals surface area (Å²) in [6, 6.07) is 6.39. The van der Waals surface area contributed by atoms with E-state index in [2.05, 4.69) is 20.3 Å². The van der Waals surface area contributed by atoms with Crippen LogP contribution in [0.25, 0.3) is 11.4 Å². The fourth-order valence-corrected chi connectivity index (χ4v) is 3.31. The third-order valence-electron chi connectivity index (χ3n) is 4.95. The predicted octanol–water partition coefficient (Wildman–Crippen LogP) is 4.22. The van der Waals surface area contributed by atoms with Crippen LogP contribution in [-0.2, 0) is 0 Å². The number of nitrogens with zero attached hydrogens (tertiary/aromatic N) is 4. The van der Waals surface area contributed by atoms with Crippen molar-refractivity contribution in [2.75, 3.05) is 18.2 Å². The van der Waals surface area contributed by atoms with Crippen LogP contribution in [0.3, 0.4) is 0 Å². The molecular weight excluding hydrogens is 425 g/mol. The van der Waals surface area contributed by atoms with Crippen LogP contribution in [0.5, 0.6) is 5.75 Å². The van der Waals surface area contributed by atoms with Crippen LogP contribution in [0, 0.1) is 12.7 Å². The van der Waals surface area contributed by atoms with E-state index >= 15 is 0 Å². The van der Waals surface area contributed by atoms with Crippen molar-refractivity contribution in [2.45, 2.75) is 13.8 Å². The van der Waals surface area contributed by atoms with Gasteiger partial charge < -0.3 is 15.2 Å². The minimum Gasteiger partial charge on any atom is -0.510 e. The van der Waals surface area contributed by atoms with Crippen molar-refractivity contribution in [1.29, 1.82) is 0 Å². The number of amides is 1. The Balaban J connectivity index is 1.65. The zero-order valence-corrected chi connectivity index (χ0v) is 18.1. The first-order chi connectivity index (χ1) is 16.0. The molecule has 8 nitrogen and oxygen atoms in total. The number of carbonyl (C=O) groups excluding carboxylic acids is 1. The number of halogens is 1. The summed E-state index contributed by atoms with van der Waals surface area (Å²) in [6.07, 6.45) is 9.40. The van der Waals surface area contributed by atoms with Crippen molar-refractivity contribution in [2.24, 2.45) is 0 Å². The molecule has 2 N–H and O–H groups in total. The van der Waals surface area contributed by atoms with Crippen LogP contribution in [0.1, 0.15) is 22.8 Å². The summed E-state index contributed by atoms with van der Waals surface area (Å²) < 4.78 is 20.1. The molecule has 33 heavy (non-hydrogen) atoms. The molecule has 3 aromatic rings. The third kappa shape index (κ3) is 4.67. The van der Waals surface area contributed by atoms with Gasteiger partial charge >= 0.3 is 0 Å². The van der Waals surface area contributed by atoms with Gasteiger partial charge in [0.2, 0.25) is 0 Å². The maximum Gasteiger partial charge on any atom is 0.255 e. The number of benzene rings is 1. The van der Waals surface area contributed by atoms with Crippen molar-refractivity contribution < 1.29 is 19.0 Å². The van der Waals surface area contributed by atoms with Gasteiger partial charge in [0.25, 0.3) is 5.91 Å². The molecule has 2 aromatic heterocycles. The second-order valence-corrected chi connectivity index (χ2v) is 7.33. The van der Waals surface area contributed by atoms with Crippen LogP contribution >= 0.6 is 0 Å². The highest BCUT2D eigenvalue weighted by Gasteiger charge is 2.28. The number of allylic oxidation sites excluding steroid dienone is 3. The lowest BCUT2D eigenvalue weighted by atomic mass is 10.1. The highest BCUT2D eigenvalue weighted by Crippen LogP contribution is 2.39. The van der Waals surface area contributed by atoms with Gasteiger partial charge in [-0.1, -0.05) is 23.8 Å². The van der Waals surface area contributed by atoms with Crippen molar-refractivity contribution in [3.05, 3.63) is 83.8 Å². The first-order valence-corrected chi connectivity index (χ1v) is 10.2. The molecule has 168 valence electrons. The van der Waals surface area contributed by atoms with E-state index in [1.54, 1.807) is 41.4 Å². The fraction of sp³-hybridized carbons (Fsp3) is 0.167. The molecule has 4 rings (SSSR count). The lowest BCUT2D eigenvalue weighted by molar-refractivity contribution is 0.0952. The van der Waals surface area contributed by atoms with Crippen LogP contribution < -0.4 is 15.0 Å². The summed E-state index contributed by atoms with van der Waals surface area (Å²) in [5.74, 6) is 0.203. The van der Waals surface area contributed by atoms with Crippen LogP contribution in [0.2, 0.25) is 0 Å². The predicted molar refractivity (Wildman–Crippen MR) is 122 cm³/mol. The minimum absolute atomic E-state index is 0.0132. The zero-order valence-electron chi connectivity index (χ0n) is 18.1. The van der Waals surface area contributed by atoms with Gasteiger partial charge in [0, 0.05) is 12.4 Å². The number of ether oxygens (including phenoxy) is 1. The highest BCUT2D eigenvalue weighted by atomic mass is 19.1. The van der Waals surface area contributed by atoms with Crippen molar-refractivity contribution in [3.63, 3.8) is 0 Å². The van der Waals surface area contributed by atoms with Gasteiger partial charge in [-0.25, -0.2) is 14.4 Å². The van der Waals surface area contributed by atoms with E-state index in [0.717, 1.165) is 5.56 Å². The lowest BCUT2D eigenvalue weighted by Gasteiger charge is -2.19. The Morgan fingerprint density at radius 3 is 3.00 bits per heavy atom. The molecule has 0 radical (unpaired) electrons. The largest absolute Gasteiger partial charge is 0.510 e. The van der Waals surface area contributed by atoms with E-state index in [-0.39, 0.29) is 36.0 Å². The Labute approximate surface area is 190 Å². The Hall–Kier alpha value is -4.27. The highest BCUT2D eigenvalue weighted by molar-refractivity contribution is 6.00. The molecule has 0 saturated carbocycles. The number of hydrogen-bond acceptors (Lipinski definition) is 7. The van der Waals surface area contributed by atoms with Crippen LogP contribution in [-0.4, -0.2) is 39.2 Å². The third-order valence-corrected chi connectivity index (χ3v) is 4.95. The standard InChI is InChI=1S/C24H22FN5O3/c1-3-4-5-16(31)11-28-24(32)18-12-26-9-8-20(18)30-14-33-21-13-27-22(29-23(21)30)17-10-15(2)6-7-19(17)25/h3-10,12-13,31H,11,14H2,1-2H3,(H,28,32)/b4-3-,16-5-. The second kappa shape index (κ2) is 9.47. The molecule has 1 amide bonds. The molecule has 0 saturated heterocycles. The smallest absolute Gasteiger partial charge is 0.255 e. The average Bonchev–Trinajstić information content (AvgIpc) is 3.25. The van der Waals surface area contributed by atoms with Crippen LogP contribution in [0.4, 0.5) is 15.9 Å². The number of aromatic nitrogens is 3. The van der Waals surface area contributed by atoms with Gasteiger partial charge in [-0.05, 0) is 38.1 Å². The van der Waals surface area contributed by atoms with Gasteiger partial charge in [-0.3, -0.25) is 14.7 Å². The molecule has 9 heteroatoms. The quantitative estimate of drug-likeness (QED) is 0.431. The van der Waals surface area contributed by atoms with E-state index in [9.17, 15) is 14.3 Å². The summed E-state index contributed by atoms with van der Waals surface area (Å²) in [4.78, 5) is 27.4. The number of rotatable bonds is 6. The number of anilines is 2. The summed E-state index contributed by atoms with van der Waals surface area (Å²) in [5.41, 5.74) is 1.94. The van der Waals surface area contributed by atoms with Gasteiger partial charge in [0.1, 0.15) is 11.6 Å². The number of pyridine rings is 1. The molecular formula is C24H22FN5O3. The number of aliphatic hydroxyl groups is 1. The summed E-state index contributed by atoms with van der Waals surface area (Å²) >= 11 is 0. The van der Waals surface area contributed by atoms with Gasteiger partial charge in [0.05, 0.1) is 29.6 Å². The van der Waals surface area contributed by atoms with Crippen molar-refractivity contribution in [1.82, 2.24) is 20.3 Å². The number of hydrogen-bond donors (Lipinski definition) is 2. The minimum atomic E-state index is -0.430. The molecule has 0 aliphatic carbocycles. The van der Waals surface area contributed by atoms with Crippen molar-refractivity contribution >= 4 is 17.4 Å². The van der Waals surface area contributed by atoms with Crippen molar-refractivity contribution in [3.8, 4) is 17.1 Å². The summed E-state index contributed by atoms with van der Waals surface area (Å²) in [5, 5.41) is 12.5. The maximum absolute atomic E-state index is 14.4. The maximum atomic E-state index is 14.4. The normalized spacial score (nSPS) is 13.2. The zero-order chi connectivity index (χ0) is 23.4. The van der Waals surface area contributed by atoms with E-state index < -0.39 is 11.7 Å². The van der Waals surface area contributed by atoms with Gasteiger partial charge in [-0.2, -0.15) is 0 Å². The Bertz CT molecular complexity index is 1260. The molecule has 0 bridgehead atoms. The number of fused-ring (bicyclic) bond motifs is 1. The molecule has 1 aromatic carbocycles. The summed E-state index contributed by atoms with van der Waals surface area (Å²) in [7, 11) is 0. The molecule has 1 aliphatic rings.